The smallest absolute Gasteiger partial charge is 0.260 e. The lowest BCUT2D eigenvalue weighted by molar-refractivity contribution is 0.301. The van der Waals surface area contributed by atoms with Gasteiger partial charge in [-0.3, -0.25) is 0 Å². The maximum atomic E-state index is 12.4. The van der Waals surface area contributed by atoms with Crippen LogP contribution in [-0.2, 0) is 17.1 Å². The molecule has 1 aliphatic carbocycles. The Morgan fingerprint density at radius 2 is 2.05 bits per heavy atom. The Kier molecular flexibility index (Phi) is 4.37. The number of nitrogens with zero attached hydrogens (tertiary/aromatic N) is 2. The number of halogens is 1. The van der Waals surface area contributed by atoms with Crippen molar-refractivity contribution in [1.29, 1.82) is 0 Å². The number of hydrogen-bond donors (Lipinski definition) is 1. The zero-order valence-electron chi connectivity index (χ0n) is 11.3. The fourth-order valence-corrected chi connectivity index (χ4v) is 4.87. The fourth-order valence-electron chi connectivity index (χ4n) is 2.48. The van der Waals surface area contributed by atoms with Crippen LogP contribution in [-0.4, -0.2) is 28.8 Å². The van der Waals surface area contributed by atoms with E-state index in [0.717, 1.165) is 25.7 Å². The highest BCUT2D eigenvalue weighted by atomic mass is 79.9. The molecule has 1 aromatic heterocycles. The first kappa shape index (κ1) is 15.0. The highest BCUT2D eigenvalue weighted by Crippen LogP contribution is 2.31. The van der Waals surface area contributed by atoms with Gasteiger partial charge in [0.25, 0.3) is 10.0 Å². The molecule has 2 rings (SSSR count). The summed E-state index contributed by atoms with van der Waals surface area (Å²) in [6, 6.07) is 0. The van der Waals surface area contributed by atoms with Crippen LogP contribution in [0.1, 0.15) is 37.9 Å². The van der Waals surface area contributed by atoms with Gasteiger partial charge >= 0.3 is 0 Å². The quantitative estimate of drug-likeness (QED) is 0.846. The minimum Gasteiger partial charge on any atom is -0.337 e. The third-order valence-corrected chi connectivity index (χ3v) is 6.30. The second-order valence-electron chi connectivity index (χ2n) is 5.32. The Labute approximate surface area is 123 Å². The summed E-state index contributed by atoms with van der Waals surface area (Å²) in [4.78, 5) is 4.11. The lowest BCUT2D eigenvalue weighted by atomic mass is 9.84. The highest BCUT2D eigenvalue weighted by Gasteiger charge is 2.36. The Morgan fingerprint density at radius 3 is 2.53 bits per heavy atom. The lowest BCUT2D eigenvalue weighted by Gasteiger charge is -2.35. The van der Waals surface area contributed by atoms with Crippen LogP contribution in [0.3, 0.4) is 0 Å². The van der Waals surface area contributed by atoms with Crippen molar-refractivity contribution in [3.63, 3.8) is 0 Å². The summed E-state index contributed by atoms with van der Waals surface area (Å²) in [5.74, 6) is 0.692. The van der Waals surface area contributed by atoms with Gasteiger partial charge in [0.15, 0.2) is 5.03 Å². The fraction of sp³-hybridized carbons (Fsp3) is 0.750. The highest BCUT2D eigenvalue weighted by molar-refractivity contribution is 9.09. The van der Waals surface area contributed by atoms with Crippen molar-refractivity contribution < 1.29 is 8.42 Å². The summed E-state index contributed by atoms with van der Waals surface area (Å²) in [5, 5.41) is 0.754. The maximum Gasteiger partial charge on any atom is 0.260 e. The number of nitrogens with one attached hydrogen (secondary N) is 1. The standard InChI is InChI=1S/C12H20BrN3O2S/c1-10-14-11(8-16(10)2)19(17,18)15-12(9-13)6-4-3-5-7-12/h8,15H,3-7,9H2,1-2H3. The van der Waals surface area contributed by atoms with Crippen LogP contribution in [0.5, 0.6) is 0 Å². The van der Waals surface area contributed by atoms with Gasteiger partial charge in [0, 0.05) is 24.1 Å². The van der Waals surface area contributed by atoms with Crippen LogP contribution in [0.25, 0.3) is 0 Å². The third kappa shape index (κ3) is 3.20. The monoisotopic (exact) mass is 349 g/mol. The molecule has 5 nitrogen and oxygen atoms in total. The van der Waals surface area contributed by atoms with Gasteiger partial charge < -0.3 is 4.57 Å². The van der Waals surface area contributed by atoms with E-state index in [4.69, 9.17) is 0 Å². The largest absolute Gasteiger partial charge is 0.337 e. The molecule has 0 atom stereocenters. The summed E-state index contributed by atoms with van der Waals surface area (Å²) < 4.78 is 29.4. The van der Waals surface area contributed by atoms with Crippen LogP contribution in [0.15, 0.2) is 11.2 Å². The molecule has 0 radical (unpaired) electrons. The predicted octanol–water partition coefficient (Wildman–Crippen LogP) is 2.10. The van der Waals surface area contributed by atoms with Gasteiger partial charge in [-0.15, -0.1) is 0 Å². The zero-order chi connectivity index (χ0) is 14.1. The summed E-state index contributed by atoms with van der Waals surface area (Å²) >= 11 is 3.46. The van der Waals surface area contributed by atoms with Crippen LogP contribution in [0, 0.1) is 6.92 Å². The first-order chi connectivity index (χ1) is 8.88. The van der Waals surface area contributed by atoms with Crippen LogP contribution in [0.2, 0.25) is 0 Å². The van der Waals surface area contributed by atoms with Gasteiger partial charge in [-0.1, -0.05) is 35.2 Å². The molecule has 0 saturated heterocycles. The Morgan fingerprint density at radius 1 is 1.42 bits per heavy atom. The van der Waals surface area contributed by atoms with E-state index in [0.29, 0.717) is 11.2 Å². The average molecular weight is 350 g/mol. The number of rotatable bonds is 4. The number of hydrogen-bond acceptors (Lipinski definition) is 3. The summed E-state index contributed by atoms with van der Waals surface area (Å²) in [6.45, 7) is 1.79. The van der Waals surface area contributed by atoms with E-state index in [1.54, 1.807) is 24.7 Å². The van der Waals surface area contributed by atoms with Crippen molar-refractivity contribution in [3.8, 4) is 0 Å². The molecule has 0 bridgehead atoms. The second kappa shape index (κ2) is 5.54. The van der Waals surface area contributed by atoms with Crippen LogP contribution in [0.4, 0.5) is 0 Å². The predicted molar refractivity (Wildman–Crippen MR) is 77.9 cm³/mol. The molecule has 19 heavy (non-hydrogen) atoms. The van der Waals surface area contributed by atoms with E-state index in [-0.39, 0.29) is 10.6 Å². The van der Waals surface area contributed by atoms with E-state index in [9.17, 15) is 8.42 Å². The van der Waals surface area contributed by atoms with Gasteiger partial charge in [0.05, 0.1) is 0 Å². The Bertz CT molecular complexity index is 528. The van der Waals surface area contributed by atoms with Crippen LogP contribution >= 0.6 is 15.9 Å². The minimum atomic E-state index is -3.54. The third-order valence-electron chi connectivity index (χ3n) is 3.78. The van der Waals surface area contributed by atoms with Gasteiger partial charge in [-0.2, -0.15) is 0 Å². The number of imidazole rings is 1. The van der Waals surface area contributed by atoms with Gasteiger partial charge in [-0.05, 0) is 19.8 Å². The van der Waals surface area contributed by atoms with Gasteiger partial charge in [-0.25, -0.2) is 18.1 Å². The van der Waals surface area contributed by atoms with E-state index in [2.05, 4.69) is 25.6 Å². The van der Waals surface area contributed by atoms with Gasteiger partial charge in [0.1, 0.15) is 5.82 Å². The molecule has 1 fully saturated rings. The summed E-state index contributed by atoms with van der Waals surface area (Å²) in [6.07, 6.45) is 6.62. The molecule has 1 N–H and O–H groups in total. The molecule has 0 unspecified atom stereocenters. The average Bonchev–Trinajstić information content (AvgIpc) is 2.71. The topological polar surface area (TPSA) is 64.0 Å². The normalized spacial score (nSPS) is 19.5. The molecule has 108 valence electrons. The first-order valence-electron chi connectivity index (χ1n) is 6.48. The molecule has 0 aromatic carbocycles. The number of aryl methyl sites for hydroxylation is 2. The molecule has 1 saturated carbocycles. The molecule has 0 spiro atoms. The van der Waals surface area contributed by atoms with Crippen LogP contribution < -0.4 is 4.72 Å². The molecule has 1 aliphatic rings. The number of sulfonamides is 1. The maximum absolute atomic E-state index is 12.4. The van der Waals surface area contributed by atoms with E-state index >= 15 is 0 Å². The van der Waals surface area contributed by atoms with Crippen molar-refractivity contribution in [2.45, 2.75) is 49.6 Å². The molecule has 1 aromatic rings. The molecule has 7 heteroatoms. The second-order valence-corrected chi connectivity index (χ2v) is 7.51. The van der Waals surface area contributed by atoms with Crippen molar-refractivity contribution in [3.05, 3.63) is 12.0 Å². The van der Waals surface area contributed by atoms with E-state index < -0.39 is 10.0 Å². The molecular weight excluding hydrogens is 330 g/mol. The van der Waals surface area contributed by atoms with E-state index in [1.807, 2.05) is 0 Å². The van der Waals surface area contributed by atoms with Crippen molar-refractivity contribution in [1.82, 2.24) is 14.3 Å². The van der Waals surface area contributed by atoms with Gasteiger partial charge in [0.2, 0.25) is 0 Å². The molecule has 1 heterocycles. The Balaban J connectivity index is 2.24. The van der Waals surface area contributed by atoms with Crippen molar-refractivity contribution in [2.24, 2.45) is 7.05 Å². The van der Waals surface area contributed by atoms with Crippen molar-refractivity contribution >= 4 is 26.0 Å². The minimum absolute atomic E-state index is 0.110. The number of aromatic nitrogens is 2. The lowest BCUT2D eigenvalue weighted by Crippen LogP contribution is -2.51. The SMILES string of the molecule is Cc1nc(S(=O)(=O)NC2(CBr)CCCCC2)cn1C. The number of alkyl halides is 1. The first-order valence-corrected chi connectivity index (χ1v) is 9.09. The molecular formula is C12H20BrN3O2S. The van der Waals surface area contributed by atoms with E-state index in [1.165, 1.54) is 6.42 Å². The Hall–Kier alpha value is -0.400. The summed E-state index contributed by atoms with van der Waals surface area (Å²) in [5.41, 5.74) is -0.359. The molecule has 0 aliphatic heterocycles. The summed E-state index contributed by atoms with van der Waals surface area (Å²) in [7, 11) is -1.75. The van der Waals surface area contributed by atoms with Crippen molar-refractivity contribution in [2.75, 3.05) is 5.33 Å². The molecule has 0 amide bonds. The zero-order valence-corrected chi connectivity index (χ0v) is 13.7.